The van der Waals surface area contributed by atoms with E-state index in [1.165, 1.54) is 0 Å². The van der Waals surface area contributed by atoms with Gasteiger partial charge in [0.05, 0.1) is 0 Å². The topological polar surface area (TPSA) is 96.2 Å². The largest absolute Gasteiger partial charge is 0.507 e. The smallest absolute Gasteiger partial charge is 0.365 e. The van der Waals surface area contributed by atoms with Crippen molar-refractivity contribution in [2.45, 2.75) is 6.10 Å². The molecule has 0 heterocycles. The molecule has 23 heavy (non-hydrogen) atoms. The van der Waals surface area contributed by atoms with Gasteiger partial charge in [-0.3, -0.25) is 0 Å². The summed E-state index contributed by atoms with van der Waals surface area (Å²) >= 11 is 0. The third kappa shape index (κ3) is 4.02. The fourth-order valence-corrected chi connectivity index (χ4v) is 2.03. The fourth-order valence-electron chi connectivity index (χ4n) is 2.03. The lowest BCUT2D eigenvalue weighted by molar-refractivity contribution is -0.143. The van der Waals surface area contributed by atoms with Gasteiger partial charge in [0.2, 0.25) is 5.70 Å². The highest BCUT2D eigenvalue weighted by Gasteiger charge is 2.24. The number of nitroso groups, excluding NO2 is 1. The number of nitrogens with zero attached hydrogens (tertiary/aromatic N) is 1. The first-order chi connectivity index (χ1) is 11.2. The minimum Gasteiger partial charge on any atom is -0.507 e. The van der Waals surface area contributed by atoms with Crippen molar-refractivity contribution in [1.29, 1.82) is 0 Å². The number of esters is 1. The summed E-state index contributed by atoms with van der Waals surface area (Å²) in [5, 5.41) is 20.7. The van der Waals surface area contributed by atoms with Gasteiger partial charge in [0.1, 0.15) is 6.61 Å². The summed E-state index contributed by atoms with van der Waals surface area (Å²) in [5.74, 6) is -1.94. The van der Waals surface area contributed by atoms with E-state index >= 15 is 0 Å². The molecule has 0 spiro atoms. The minimum absolute atomic E-state index is 0.695. The van der Waals surface area contributed by atoms with Crippen molar-refractivity contribution in [3.05, 3.63) is 88.2 Å². The van der Waals surface area contributed by atoms with Crippen LogP contribution in [0.2, 0.25) is 0 Å². The Morgan fingerprint density at radius 3 is 1.87 bits per heavy atom. The van der Waals surface area contributed by atoms with Crippen LogP contribution in [0.15, 0.2) is 77.3 Å². The number of carbonyl (C=O) groups excluding carboxylic acids is 1. The third-order valence-electron chi connectivity index (χ3n) is 3.14. The van der Waals surface area contributed by atoms with E-state index in [1.807, 2.05) is 12.1 Å². The number of benzene rings is 2. The first kappa shape index (κ1) is 16.4. The van der Waals surface area contributed by atoms with E-state index in [9.17, 15) is 14.8 Å². The molecule has 2 aromatic carbocycles. The van der Waals surface area contributed by atoms with Gasteiger partial charge >= 0.3 is 5.97 Å². The van der Waals surface area contributed by atoms with Crippen LogP contribution in [0.3, 0.4) is 0 Å². The lowest BCUT2D eigenvalue weighted by Crippen LogP contribution is -2.15. The summed E-state index contributed by atoms with van der Waals surface area (Å²) in [6.07, 6.45) is -0.770. The molecule has 2 N–H and O–H groups in total. The number of hydrogen-bond donors (Lipinski definition) is 2. The average molecular weight is 313 g/mol. The summed E-state index contributed by atoms with van der Waals surface area (Å²) in [6.45, 7) is -0.877. The lowest BCUT2D eigenvalue weighted by Gasteiger charge is -2.18. The van der Waals surface area contributed by atoms with Gasteiger partial charge in [0.25, 0.3) is 0 Å². The number of hydrogen-bond acceptors (Lipinski definition) is 6. The Balaban J connectivity index is 2.36. The van der Waals surface area contributed by atoms with Crippen molar-refractivity contribution in [3.63, 3.8) is 0 Å². The first-order valence-corrected chi connectivity index (χ1v) is 6.84. The third-order valence-corrected chi connectivity index (χ3v) is 3.14. The molecule has 0 unspecified atom stereocenters. The SMILES string of the molecule is O=NC(C(=O)OC(c1ccccc1)c1ccccc1)=C(O)CO. The Morgan fingerprint density at radius 1 is 1.00 bits per heavy atom. The van der Waals surface area contributed by atoms with Crippen LogP contribution in [-0.2, 0) is 9.53 Å². The van der Waals surface area contributed by atoms with Gasteiger partial charge in [-0.1, -0.05) is 60.7 Å². The predicted molar refractivity (Wildman–Crippen MR) is 83.4 cm³/mol. The Morgan fingerprint density at radius 2 is 1.48 bits per heavy atom. The van der Waals surface area contributed by atoms with Crippen LogP contribution in [0, 0.1) is 4.91 Å². The summed E-state index contributed by atoms with van der Waals surface area (Å²) in [6, 6.07) is 17.9. The van der Waals surface area contributed by atoms with E-state index in [0.717, 1.165) is 0 Å². The predicted octanol–water partition coefficient (Wildman–Crippen LogP) is 2.85. The highest BCUT2D eigenvalue weighted by molar-refractivity contribution is 5.88. The highest BCUT2D eigenvalue weighted by atomic mass is 16.5. The molecule has 0 saturated carbocycles. The maximum absolute atomic E-state index is 12.1. The first-order valence-electron chi connectivity index (χ1n) is 6.84. The summed E-state index contributed by atoms with van der Waals surface area (Å²) < 4.78 is 5.34. The fraction of sp³-hybridized carbons (Fsp3) is 0.118. The average Bonchev–Trinajstić information content (AvgIpc) is 2.61. The molecule has 0 fully saturated rings. The summed E-state index contributed by atoms with van der Waals surface area (Å²) in [5.41, 5.74) is 0.547. The molecule has 118 valence electrons. The molecule has 0 aliphatic rings. The Bertz CT molecular complexity index is 658. The molecule has 6 heteroatoms. The highest BCUT2D eigenvalue weighted by Crippen LogP contribution is 2.27. The zero-order valence-corrected chi connectivity index (χ0v) is 12.1. The molecule has 0 atom stereocenters. The molecule has 0 aliphatic heterocycles. The van der Waals surface area contributed by atoms with E-state index < -0.39 is 30.1 Å². The number of rotatable bonds is 6. The second-order valence-corrected chi connectivity index (χ2v) is 4.65. The maximum Gasteiger partial charge on any atom is 0.365 e. The summed E-state index contributed by atoms with van der Waals surface area (Å²) in [7, 11) is 0. The minimum atomic E-state index is -1.11. The van der Waals surface area contributed by atoms with Crippen molar-refractivity contribution < 1.29 is 19.7 Å². The number of aliphatic hydroxyl groups excluding tert-OH is 2. The van der Waals surface area contributed by atoms with Crippen LogP contribution < -0.4 is 0 Å². The van der Waals surface area contributed by atoms with Crippen molar-refractivity contribution >= 4 is 5.97 Å². The molecule has 0 saturated heterocycles. The van der Waals surface area contributed by atoms with Crippen LogP contribution in [0.1, 0.15) is 17.2 Å². The Labute approximate surface area is 132 Å². The van der Waals surface area contributed by atoms with Crippen LogP contribution in [0.5, 0.6) is 0 Å². The molecular formula is C17H15NO5. The number of carbonyl (C=O) groups is 1. The van der Waals surface area contributed by atoms with Crippen molar-refractivity contribution in [1.82, 2.24) is 0 Å². The Kier molecular flexibility index (Phi) is 5.60. The van der Waals surface area contributed by atoms with E-state index in [-0.39, 0.29) is 0 Å². The molecule has 0 bridgehead atoms. The van der Waals surface area contributed by atoms with Gasteiger partial charge in [0.15, 0.2) is 11.9 Å². The molecule has 0 aliphatic carbocycles. The van der Waals surface area contributed by atoms with E-state index in [1.54, 1.807) is 48.5 Å². The lowest BCUT2D eigenvalue weighted by atomic mass is 10.0. The van der Waals surface area contributed by atoms with Gasteiger partial charge in [-0.2, -0.15) is 0 Å². The molecular weight excluding hydrogens is 298 g/mol. The van der Waals surface area contributed by atoms with Crippen LogP contribution in [-0.4, -0.2) is 22.8 Å². The van der Waals surface area contributed by atoms with E-state index in [2.05, 4.69) is 5.18 Å². The normalized spacial score (nSPS) is 11.7. The molecule has 0 radical (unpaired) electrons. The second-order valence-electron chi connectivity index (χ2n) is 4.65. The van der Waals surface area contributed by atoms with Gasteiger partial charge in [0, 0.05) is 0 Å². The molecule has 2 rings (SSSR count). The summed E-state index contributed by atoms with van der Waals surface area (Å²) in [4.78, 5) is 22.8. The standard InChI is InChI=1S/C17H15NO5/c19-11-14(20)15(18-22)17(21)23-16(12-7-3-1-4-8-12)13-9-5-2-6-10-13/h1-10,16,19-20H,11H2. The quantitative estimate of drug-likeness (QED) is 0.370. The van der Waals surface area contributed by atoms with Gasteiger partial charge < -0.3 is 14.9 Å². The number of aliphatic hydroxyl groups is 2. The van der Waals surface area contributed by atoms with Crippen LogP contribution in [0.4, 0.5) is 0 Å². The second kappa shape index (κ2) is 7.86. The zero-order valence-electron chi connectivity index (χ0n) is 12.1. The molecule has 6 nitrogen and oxygen atoms in total. The molecule has 2 aromatic rings. The zero-order chi connectivity index (χ0) is 16.7. The van der Waals surface area contributed by atoms with E-state index in [0.29, 0.717) is 11.1 Å². The molecule has 0 amide bonds. The Hall–Kier alpha value is -2.99. The van der Waals surface area contributed by atoms with Gasteiger partial charge in [-0.05, 0) is 16.3 Å². The van der Waals surface area contributed by atoms with E-state index in [4.69, 9.17) is 9.84 Å². The monoisotopic (exact) mass is 313 g/mol. The van der Waals surface area contributed by atoms with Gasteiger partial charge in [-0.25, -0.2) is 4.79 Å². The molecule has 0 aromatic heterocycles. The number of ether oxygens (including phenoxy) is 1. The van der Waals surface area contributed by atoms with Crippen molar-refractivity contribution in [3.8, 4) is 0 Å². The van der Waals surface area contributed by atoms with Crippen molar-refractivity contribution in [2.24, 2.45) is 5.18 Å². The van der Waals surface area contributed by atoms with Crippen LogP contribution >= 0.6 is 0 Å². The maximum atomic E-state index is 12.1. The van der Waals surface area contributed by atoms with Crippen molar-refractivity contribution in [2.75, 3.05) is 6.61 Å². The van der Waals surface area contributed by atoms with Gasteiger partial charge in [-0.15, -0.1) is 4.91 Å². The van der Waals surface area contributed by atoms with Crippen LogP contribution in [0.25, 0.3) is 0 Å².